The molecule has 1 amide bonds. The standard InChI is InChI=1S/C23H21N3O2/c1-28-18-10-8-16(9-11-18)23-20(19-6-2-3-7-21(19)26-23)12-13-22(27)25-17-5-4-14-24-15-17/h2-11,14-15,26H,12-13H2,1H3,(H,25,27). The molecule has 0 radical (unpaired) electrons. The quantitative estimate of drug-likeness (QED) is 0.511. The minimum Gasteiger partial charge on any atom is -0.497 e. The molecule has 5 nitrogen and oxygen atoms in total. The number of anilines is 1. The normalized spacial score (nSPS) is 10.8. The number of methoxy groups -OCH3 is 1. The molecule has 0 saturated carbocycles. The lowest BCUT2D eigenvalue weighted by Crippen LogP contribution is -2.12. The zero-order valence-electron chi connectivity index (χ0n) is 15.6. The molecular formula is C23H21N3O2. The van der Waals surface area contributed by atoms with Gasteiger partial charge in [0.15, 0.2) is 0 Å². The summed E-state index contributed by atoms with van der Waals surface area (Å²) in [6.07, 6.45) is 4.35. The average Bonchev–Trinajstić information content (AvgIpc) is 3.11. The number of para-hydroxylation sites is 1. The van der Waals surface area contributed by atoms with E-state index >= 15 is 0 Å². The van der Waals surface area contributed by atoms with Gasteiger partial charge in [0, 0.05) is 29.2 Å². The smallest absolute Gasteiger partial charge is 0.224 e. The highest BCUT2D eigenvalue weighted by Gasteiger charge is 2.14. The van der Waals surface area contributed by atoms with Crippen LogP contribution in [0.2, 0.25) is 0 Å². The molecule has 0 aliphatic heterocycles. The van der Waals surface area contributed by atoms with Crippen molar-refractivity contribution in [2.24, 2.45) is 0 Å². The van der Waals surface area contributed by atoms with E-state index < -0.39 is 0 Å². The van der Waals surface area contributed by atoms with Crippen molar-refractivity contribution in [2.45, 2.75) is 12.8 Å². The van der Waals surface area contributed by atoms with Crippen molar-refractivity contribution in [3.63, 3.8) is 0 Å². The van der Waals surface area contributed by atoms with Crippen LogP contribution in [0.3, 0.4) is 0 Å². The second-order valence-corrected chi connectivity index (χ2v) is 6.54. The Kier molecular flexibility index (Phi) is 5.06. The maximum Gasteiger partial charge on any atom is 0.224 e. The van der Waals surface area contributed by atoms with Crippen LogP contribution in [0.1, 0.15) is 12.0 Å². The fourth-order valence-electron chi connectivity index (χ4n) is 3.36. The number of amides is 1. The summed E-state index contributed by atoms with van der Waals surface area (Å²) in [5.41, 5.74) is 5.03. The molecule has 140 valence electrons. The molecule has 0 fully saturated rings. The summed E-state index contributed by atoms with van der Waals surface area (Å²) in [5, 5.41) is 4.04. The average molecular weight is 371 g/mol. The van der Waals surface area contributed by atoms with Gasteiger partial charge in [-0.25, -0.2) is 0 Å². The number of benzene rings is 2. The Morgan fingerprint density at radius 1 is 1.07 bits per heavy atom. The van der Waals surface area contributed by atoms with Gasteiger partial charge >= 0.3 is 0 Å². The summed E-state index contributed by atoms with van der Waals surface area (Å²) in [6.45, 7) is 0. The largest absolute Gasteiger partial charge is 0.497 e. The van der Waals surface area contributed by atoms with E-state index in [0.29, 0.717) is 18.5 Å². The Labute approximate surface area is 163 Å². The molecule has 0 aliphatic carbocycles. The first kappa shape index (κ1) is 17.8. The van der Waals surface area contributed by atoms with E-state index in [4.69, 9.17) is 4.74 Å². The summed E-state index contributed by atoms with van der Waals surface area (Å²) < 4.78 is 5.26. The maximum absolute atomic E-state index is 12.4. The minimum atomic E-state index is -0.0287. The lowest BCUT2D eigenvalue weighted by molar-refractivity contribution is -0.116. The molecule has 2 aromatic carbocycles. The molecule has 0 unspecified atom stereocenters. The third-order valence-corrected chi connectivity index (χ3v) is 4.74. The third kappa shape index (κ3) is 3.74. The van der Waals surface area contributed by atoms with Crippen molar-refractivity contribution in [3.8, 4) is 17.0 Å². The predicted octanol–water partition coefficient (Wildman–Crippen LogP) is 4.81. The molecule has 4 rings (SSSR count). The van der Waals surface area contributed by atoms with Crippen LogP contribution in [-0.2, 0) is 11.2 Å². The molecule has 2 N–H and O–H groups in total. The van der Waals surface area contributed by atoms with Crippen LogP contribution < -0.4 is 10.1 Å². The second kappa shape index (κ2) is 7.96. The van der Waals surface area contributed by atoms with Gasteiger partial charge < -0.3 is 15.0 Å². The van der Waals surface area contributed by atoms with Gasteiger partial charge in [0.25, 0.3) is 0 Å². The Balaban J connectivity index is 1.60. The molecule has 0 spiro atoms. The summed E-state index contributed by atoms with van der Waals surface area (Å²) >= 11 is 0. The first-order valence-corrected chi connectivity index (χ1v) is 9.18. The monoisotopic (exact) mass is 371 g/mol. The number of fused-ring (bicyclic) bond motifs is 1. The summed E-state index contributed by atoms with van der Waals surface area (Å²) in [4.78, 5) is 19.9. The van der Waals surface area contributed by atoms with Crippen molar-refractivity contribution in [3.05, 3.63) is 78.6 Å². The summed E-state index contributed by atoms with van der Waals surface area (Å²) in [7, 11) is 1.66. The zero-order chi connectivity index (χ0) is 19.3. The Bertz CT molecular complexity index is 1090. The van der Waals surface area contributed by atoms with Crippen molar-refractivity contribution >= 4 is 22.5 Å². The number of pyridine rings is 1. The number of aryl methyl sites for hydroxylation is 1. The number of aromatic amines is 1. The van der Waals surface area contributed by atoms with Gasteiger partial charge in [-0.2, -0.15) is 0 Å². The van der Waals surface area contributed by atoms with Gasteiger partial charge in [-0.1, -0.05) is 18.2 Å². The van der Waals surface area contributed by atoms with Gasteiger partial charge in [-0.15, -0.1) is 0 Å². The number of carbonyl (C=O) groups excluding carboxylic acids is 1. The zero-order valence-corrected chi connectivity index (χ0v) is 15.6. The van der Waals surface area contributed by atoms with Crippen LogP contribution in [0, 0.1) is 0 Å². The van der Waals surface area contributed by atoms with Crippen LogP contribution in [0.25, 0.3) is 22.2 Å². The molecule has 4 aromatic rings. The molecule has 2 aromatic heterocycles. The van der Waals surface area contributed by atoms with Crippen LogP contribution in [0.4, 0.5) is 5.69 Å². The lowest BCUT2D eigenvalue weighted by atomic mass is 10.0. The highest BCUT2D eigenvalue weighted by Crippen LogP contribution is 2.32. The number of nitrogens with zero attached hydrogens (tertiary/aromatic N) is 1. The minimum absolute atomic E-state index is 0.0287. The van der Waals surface area contributed by atoms with Crippen molar-refractivity contribution in [2.75, 3.05) is 12.4 Å². The number of rotatable bonds is 6. The Morgan fingerprint density at radius 2 is 1.89 bits per heavy atom. The molecular weight excluding hydrogens is 350 g/mol. The lowest BCUT2D eigenvalue weighted by Gasteiger charge is -2.08. The van der Waals surface area contributed by atoms with E-state index in [1.54, 1.807) is 25.6 Å². The molecule has 5 heteroatoms. The fraction of sp³-hybridized carbons (Fsp3) is 0.130. The highest BCUT2D eigenvalue weighted by molar-refractivity contribution is 5.93. The topological polar surface area (TPSA) is 67.0 Å². The van der Waals surface area contributed by atoms with E-state index in [0.717, 1.165) is 33.5 Å². The van der Waals surface area contributed by atoms with Gasteiger partial charge in [0.2, 0.25) is 5.91 Å². The predicted molar refractivity (Wildman–Crippen MR) is 111 cm³/mol. The van der Waals surface area contributed by atoms with E-state index in [1.165, 1.54) is 0 Å². The molecule has 0 saturated heterocycles. The highest BCUT2D eigenvalue weighted by atomic mass is 16.5. The number of hydrogen-bond donors (Lipinski definition) is 2. The number of H-pyrrole nitrogens is 1. The van der Waals surface area contributed by atoms with Crippen molar-refractivity contribution < 1.29 is 9.53 Å². The Morgan fingerprint density at radius 3 is 2.64 bits per heavy atom. The van der Waals surface area contributed by atoms with Crippen LogP contribution in [0.15, 0.2) is 73.1 Å². The van der Waals surface area contributed by atoms with Gasteiger partial charge in [0.05, 0.1) is 19.0 Å². The summed E-state index contributed by atoms with van der Waals surface area (Å²) in [6, 6.07) is 19.8. The molecule has 28 heavy (non-hydrogen) atoms. The van der Waals surface area contributed by atoms with Crippen LogP contribution in [0.5, 0.6) is 5.75 Å². The molecule has 0 bridgehead atoms. The summed E-state index contributed by atoms with van der Waals surface area (Å²) in [5.74, 6) is 0.788. The molecule has 0 atom stereocenters. The molecule has 2 heterocycles. The first-order valence-electron chi connectivity index (χ1n) is 9.18. The van der Waals surface area contributed by atoms with Gasteiger partial charge in [-0.3, -0.25) is 9.78 Å². The van der Waals surface area contributed by atoms with E-state index in [9.17, 15) is 4.79 Å². The third-order valence-electron chi connectivity index (χ3n) is 4.74. The number of carbonyl (C=O) groups is 1. The van der Waals surface area contributed by atoms with Crippen LogP contribution in [-0.4, -0.2) is 23.0 Å². The number of hydrogen-bond acceptors (Lipinski definition) is 3. The molecule has 0 aliphatic rings. The Hall–Kier alpha value is -3.60. The van der Waals surface area contributed by atoms with Gasteiger partial charge in [-0.05, 0) is 60.0 Å². The van der Waals surface area contributed by atoms with Crippen molar-refractivity contribution in [1.29, 1.82) is 0 Å². The number of aromatic nitrogens is 2. The first-order chi connectivity index (χ1) is 13.7. The second-order valence-electron chi connectivity index (χ2n) is 6.54. The SMILES string of the molecule is COc1ccc(-c2[nH]c3ccccc3c2CCC(=O)Nc2cccnc2)cc1. The fourth-order valence-corrected chi connectivity index (χ4v) is 3.36. The van der Waals surface area contributed by atoms with E-state index in [2.05, 4.69) is 27.4 Å². The van der Waals surface area contributed by atoms with Crippen LogP contribution >= 0.6 is 0 Å². The number of nitrogens with one attached hydrogen (secondary N) is 2. The van der Waals surface area contributed by atoms with Crippen molar-refractivity contribution in [1.82, 2.24) is 9.97 Å². The van der Waals surface area contributed by atoms with Gasteiger partial charge in [0.1, 0.15) is 5.75 Å². The van der Waals surface area contributed by atoms with E-state index in [1.807, 2.05) is 42.5 Å². The number of ether oxygens (including phenoxy) is 1. The maximum atomic E-state index is 12.4. The van der Waals surface area contributed by atoms with E-state index in [-0.39, 0.29) is 5.91 Å².